The van der Waals surface area contributed by atoms with Gasteiger partial charge >= 0.3 is 0 Å². The predicted octanol–water partition coefficient (Wildman–Crippen LogP) is 5.29. The maximum absolute atomic E-state index is 12.7. The molecule has 1 N–H and O–H groups in total. The molecule has 0 aliphatic heterocycles. The summed E-state index contributed by atoms with van der Waals surface area (Å²) in [5.41, 5.74) is 2.95. The van der Waals surface area contributed by atoms with Crippen molar-refractivity contribution in [3.63, 3.8) is 0 Å². The number of carbonyl (C=O) groups is 2. The predicted molar refractivity (Wildman–Crippen MR) is 140 cm³/mol. The second-order valence-corrected chi connectivity index (χ2v) is 10.0. The van der Waals surface area contributed by atoms with E-state index in [0.717, 1.165) is 24.5 Å². The molecule has 2 aromatic carbocycles. The van der Waals surface area contributed by atoms with Crippen molar-refractivity contribution in [2.45, 2.75) is 39.8 Å². The highest BCUT2D eigenvalue weighted by Crippen LogP contribution is 2.26. The number of rotatable bonds is 9. The van der Waals surface area contributed by atoms with Crippen LogP contribution in [0.5, 0.6) is 0 Å². The van der Waals surface area contributed by atoms with E-state index in [9.17, 15) is 9.59 Å². The molecule has 0 unspecified atom stereocenters. The molecule has 0 saturated carbocycles. The van der Waals surface area contributed by atoms with Crippen molar-refractivity contribution >= 4 is 34.8 Å². The van der Waals surface area contributed by atoms with Gasteiger partial charge in [-0.1, -0.05) is 32.5 Å². The van der Waals surface area contributed by atoms with Crippen LogP contribution in [0.3, 0.4) is 0 Å². The third-order valence-electron chi connectivity index (χ3n) is 5.57. The lowest BCUT2D eigenvalue weighted by molar-refractivity contribution is -0.123. The number of benzene rings is 2. The van der Waals surface area contributed by atoms with Crippen molar-refractivity contribution in [3.05, 3.63) is 54.1 Å². The summed E-state index contributed by atoms with van der Waals surface area (Å²) in [7, 11) is 1.91. The SMILES string of the molecule is CCN(CC)c1ccc(-c2nnc(SCC(=O)c3ccc(NC(=O)C(C)(C)C)cc3)n2C)cc1. The zero-order valence-electron chi connectivity index (χ0n) is 20.8. The Kier molecular flexibility index (Phi) is 8.15. The number of nitrogens with one attached hydrogen (secondary N) is 1. The van der Waals surface area contributed by atoms with Gasteiger partial charge in [0.2, 0.25) is 5.91 Å². The molecule has 0 fully saturated rings. The Balaban J connectivity index is 1.62. The van der Waals surface area contributed by atoms with Crippen LogP contribution in [0.25, 0.3) is 11.4 Å². The lowest BCUT2D eigenvalue weighted by Gasteiger charge is -2.21. The Morgan fingerprint density at radius 2 is 1.59 bits per heavy atom. The molecule has 1 heterocycles. The van der Waals surface area contributed by atoms with Gasteiger partial charge in [0.05, 0.1) is 5.75 Å². The van der Waals surface area contributed by atoms with Gasteiger partial charge in [0.1, 0.15) is 0 Å². The number of amides is 1. The molecule has 34 heavy (non-hydrogen) atoms. The number of thioether (sulfide) groups is 1. The van der Waals surface area contributed by atoms with Gasteiger partial charge in [-0.25, -0.2) is 0 Å². The van der Waals surface area contributed by atoms with E-state index in [2.05, 4.69) is 58.5 Å². The number of aromatic nitrogens is 3. The average molecular weight is 480 g/mol. The monoisotopic (exact) mass is 479 g/mol. The lowest BCUT2D eigenvalue weighted by atomic mass is 9.95. The van der Waals surface area contributed by atoms with Crippen molar-refractivity contribution in [3.8, 4) is 11.4 Å². The van der Waals surface area contributed by atoms with Gasteiger partial charge in [-0.3, -0.25) is 9.59 Å². The molecular formula is C26H33N5O2S. The molecule has 3 rings (SSSR count). The number of hydrogen-bond donors (Lipinski definition) is 1. The summed E-state index contributed by atoms with van der Waals surface area (Å²) in [6.45, 7) is 11.8. The van der Waals surface area contributed by atoms with Gasteiger partial charge in [-0.05, 0) is 62.4 Å². The van der Waals surface area contributed by atoms with Crippen LogP contribution in [-0.4, -0.2) is 45.3 Å². The van der Waals surface area contributed by atoms with Crippen LogP contribution in [0.15, 0.2) is 53.7 Å². The highest BCUT2D eigenvalue weighted by Gasteiger charge is 2.21. The molecule has 0 aliphatic carbocycles. The van der Waals surface area contributed by atoms with E-state index >= 15 is 0 Å². The Hall–Kier alpha value is -3.13. The van der Waals surface area contributed by atoms with Crippen molar-refractivity contribution in [2.24, 2.45) is 12.5 Å². The highest BCUT2D eigenvalue weighted by atomic mass is 32.2. The molecule has 0 bridgehead atoms. The molecule has 0 radical (unpaired) electrons. The number of hydrogen-bond acceptors (Lipinski definition) is 6. The van der Waals surface area contributed by atoms with Gasteiger partial charge in [-0.2, -0.15) is 0 Å². The van der Waals surface area contributed by atoms with Crippen molar-refractivity contribution < 1.29 is 9.59 Å². The van der Waals surface area contributed by atoms with Gasteiger partial charge in [-0.15, -0.1) is 10.2 Å². The molecular weight excluding hydrogens is 446 g/mol. The summed E-state index contributed by atoms with van der Waals surface area (Å²) in [6, 6.07) is 15.3. The molecule has 0 saturated heterocycles. The molecule has 0 spiro atoms. The Labute approximate surface area is 206 Å². The van der Waals surface area contributed by atoms with E-state index in [1.807, 2.05) is 32.4 Å². The maximum atomic E-state index is 12.7. The number of ketones is 1. The van der Waals surface area contributed by atoms with Crippen LogP contribution in [-0.2, 0) is 11.8 Å². The molecule has 3 aromatic rings. The van der Waals surface area contributed by atoms with Crippen LogP contribution in [0.2, 0.25) is 0 Å². The lowest BCUT2D eigenvalue weighted by Crippen LogP contribution is -2.27. The van der Waals surface area contributed by atoms with Crippen LogP contribution < -0.4 is 10.2 Å². The molecule has 8 heteroatoms. The Morgan fingerprint density at radius 3 is 2.15 bits per heavy atom. The number of anilines is 2. The van der Waals surface area contributed by atoms with E-state index in [-0.39, 0.29) is 17.4 Å². The number of Topliss-reactive ketones (excluding diaryl/α,β-unsaturated/α-hetero) is 1. The molecule has 7 nitrogen and oxygen atoms in total. The Morgan fingerprint density at radius 1 is 0.971 bits per heavy atom. The second kappa shape index (κ2) is 10.9. The third-order valence-corrected chi connectivity index (χ3v) is 6.59. The fraction of sp³-hybridized carbons (Fsp3) is 0.385. The normalized spacial score (nSPS) is 11.4. The molecule has 0 aliphatic rings. The second-order valence-electron chi connectivity index (χ2n) is 9.08. The highest BCUT2D eigenvalue weighted by molar-refractivity contribution is 7.99. The summed E-state index contributed by atoms with van der Waals surface area (Å²) in [6.07, 6.45) is 0. The quantitative estimate of drug-likeness (QED) is 0.332. The zero-order valence-corrected chi connectivity index (χ0v) is 21.6. The van der Waals surface area contributed by atoms with Gasteiger partial charge in [0.25, 0.3) is 0 Å². The van der Waals surface area contributed by atoms with E-state index in [1.165, 1.54) is 17.4 Å². The van der Waals surface area contributed by atoms with E-state index in [1.54, 1.807) is 24.3 Å². The first kappa shape index (κ1) is 25.5. The summed E-state index contributed by atoms with van der Waals surface area (Å²) in [5, 5.41) is 12.2. The number of nitrogens with zero attached hydrogens (tertiary/aromatic N) is 4. The first-order valence-corrected chi connectivity index (χ1v) is 12.4. The standard InChI is InChI=1S/C26H33N5O2S/c1-7-31(8-2)21-15-11-19(12-16-21)23-28-29-25(30(23)6)34-17-22(32)18-9-13-20(14-10-18)27-24(33)26(3,4)5/h9-16H,7-8,17H2,1-6H3,(H,27,33). The van der Waals surface area contributed by atoms with Crippen LogP contribution >= 0.6 is 11.8 Å². The summed E-state index contributed by atoms with van der Waals surface area (Å²) >= 11 is 1.36. The van der Waals surface area contributed by atoms with Crippen molar-refractivity contribution in [1.29, 1.82) is 0 Å². The summed E-state index contributed by atoms with van der Waals surface area (Å²) in [4.78, 5) is 27.1. The molecule has 1 aromatic heterocycles. The van der Waals surface area contributed by atoms with Crippen LogP contribution in [0.4, 0.5) is 11.4 Å². The van der Waals surface area contributed by atoms with E-state index < -0.39 is 5.41 Å². The minimum Gasteiger partial charge on any atom is -0.372 e. The molecule has 180 valence electrons. The van der Waals surface area contributed by atoms with Gasteiger partial charge in [0, 0.05) is 48.1 Å². The zero-order chi connectivity index (χ0) is 24.9. The minimum atomic E-state index is -0.479. The topological polar surface area (TPSA) is 80.1 Å². The van der Waals surface area contributed by atoms with Crippen molar-refractivity contribution in [1.82, 2.24) is 14.8 Å². The molecule has 0 atom stereocenters. The summed E-state index contributed by atoms with van der Waals surface area (Å²) in [5.74, 6) is 0.940. The van der Waals surface area contributed by atoms with Crippen LogP contribution in [0, 0.1) is 5.41 Å². The number of carbonyl (C=O) groups excluding carboxylic acids is 2. The first-order chi connectivity index (χ1) is 16.1. The molecule has 1 amide bonds. The fourth-order valence-electron chi connectivity index (χ4n) is 3.37. The smallest absolute Gasteiger partial charge is 0.229 e. The van der Waals surface area contributed by atoms with E-state index in [0.29, 0.717) is 16.4 Å². The van der Waals surface area contributed by atoms with Crippen molar-refractivity contribution in [2.75, 3.05) is 29.1 Å². The minimum absolute atomic E-state index is 0.00757. The van der Waals surface area contributed by atoms with Gasteiger partial charge < -0.3 is 14.8 Å². The first-order valence-electron chi connectivity index (χ1n) is 11.5. The Bertz CT molecular complexity index is 1130. The summed E-state index contributed by atoms with van der Waals surface area (Å²) < 4.78 is 1.91. The maximum Gasteiger partial charge on any atom is 0.229 e. The van der Waals surface area contributed by atoms with E-state index in [4.69, 9.17) is 0 Å². The van der Waals surface area contributed by atoms with Crippen LogP contribution in [0.1, 0.15) is 45.0 Å². The van der Waals surface area contributed by atoms with Gasteiger partial charge in [0.15, 0.2) is 16.8 Å². The third kappa shape index (κ3) is 6.05. The largest absolute Gasteiger partial charge is 0.372 e. The fourth-order valence-corrected chi connectivity index (χ4v) is 4.18. The average Bonchev–Trinajstić information content (AvgIpc) is 3.18.